The van der Waals surface area contributed by atoms with Gasteiger partial charge >= 0.3 is 0 Å². The van der Waals surface area contributed by atoms with Crippen LogP contribution in [-0.4, -0.2) is 43.3 Å². The molecular weight excluding hydrogens is 307 g/mol. The van der Waals surface area contributed by atoms with Crippen LogP contribution in [0.15, 0.2) is 36.5 Å². The van der Waals surface area contributed by atoms with E-state index in [1.165, 1.54) is 13.2 Å². The summed E-state index contributed by atoms with van der Waals surface area (Å²) in [6.45, 7) is 2.91. The molecule has 1 saturated heterocycles. The molecule has 0 bridgehead atoms. The van der Waals surface area contributed by atoms with Gasteiger partial charge in [-0.1, -0.05) is 6.07 Å². The summed E-state index contributed by atoms with van der Waals surface area (Å²) in [6.07, 6.45) is 4.49. The minimum absolute atomic E-state index is 0.244. The van der Waals surface area contributed by atoms with Gasteiger partial charge in [0.15, 0.2) is 11.6 Å². The Bertz CT molecular complexity index is 676. The van der Waals surface area contributed by atoms with Gasteiger partial charge in [-0.15, -0.1) is 0 Å². The van der Waals surface area contributed by atoms with E-state index in [0.717, 1.165) is 49.3 Å². The van der Waals surface area contributed by atoms with Gasteiger partial charge in [0, 0.05) is 32.0 Å². The number of benzene rings is 1. The molecule has 1 aliphatic heterocycles. The van der Waals surface area contributed by atoms with Gasteiger partial charge in [-0.25, -0.2) is 4.39 Å². The van der Waals surface area contributed by atoms with E-state index < -0.39 is 0 Å². The number of halogens is 1. The number of piperidine rings is 1. The average Bonchev–Trinajstić information content (AvgIpc) is 2.62. The number of pyridine rings is 1. The first-order chi connectivity index (χ1) is 11.7. The first-order valence-electron chi connectivity index (χ1n) is 8.23. The Morgan fingerprint density at radius 2 is 2.12 bits per heavy atom. The lowest BCUT2D eigenvalue weighted by Crippen LogP contribution is -2.38. The average molecular weight is 330 g/mol. The zero-order valence-corrected chi connectivity index (χ0v) is 14.2. The van der Waals surface area contributed by atoms with E-state index >= 15 is 0 Å². The van der Waals surface area contributed by atoms with Crippen LogP contribution in [0.4, 0.5) is 4.39 Å². The molecule has 0 radical (unpaired) electrons. The summed E-state index contributed by atoms with van der Waals surface area (Å²) in [5.74, 6) is -0.132. The number of rotatable bonds is 5. The molecule has 5 heteroatoms. The first kappa shape index (κ1) is 16.9. The van der Waals surface area contributed by atoms with E-state index in [1.54, 1.807) is 13.2 Å². The van der Waals surface area contributed by atoms with Gasteiger partial charge in [0.25, 0.3) is 0 Å². The quantitative estimate of drug-likeness (QED) is 0.840. The van der Waals surface area contributed by atoms with E-state index in [2.05, 4.69) is 16.0 Å². The van der Waals surface area contributed by atoms with Gasteiger partial charge in [0.1, 0.15) is 0 Å². The fourth-order valence-corrected chi connectivity index (χ4v) is 3.12. The predicted molar refractivity (Wildman–Crippen MR) is 91.5 cm³/mol. The summed E-state index contributed by atoms with van der Waals surface area (Å²) in [4.78, 5) is 6.88. The van der Waals surface area contributed by atoms with Crippen molar-refractivity contribution >= 4 is 0 Å². The van der Waals surface area contributed by atoms with E-state index in [9.17, 15) is 4.39 Å². The third-order valence-electron chi connectivity index (χ3n) is 4.47. The van der Waals surface area contributed by atoms with Crippen molar-refractivity contribution in [3.8, 4) is 17.0 Å². The summed E-state index contributed by atoms with van der Waals surface area (Å²) in [6, 6.07) is 8.89. The lowest BCUT2D eigenvalue weighted by atomic mass is 10.1. The summed E-state index contributed by atoms with van der Waals surface area (Å²) < 4.78 is 24.2. The van der Waals surface area contributed by atoms with Crippen molar-refractivity contribution in [2.24, 2.45) is 0 Å². The second-order valence-electron chi connectivity index (χ2n) is 6.14. The van der Waals surface area contributed by atoms with Crippen molar-refractivity contribution in [1.29, 1.82) is 0 Å². The summed E-state index contributed by atoms with van der Waals surface area (Å²) in [7, 11) is 3.23. The Balaban J connectivity index is 1.68. The molecule has 0 saturated carbocycles. The fourth-order valence-electron chi connectivity index (χ4n) is 3.12. The first-order valence-corrected chi connectivity index (χ1v) is 8.23. The van der Waals surface area contributed by atoms with Crippen LogP contribution in [0.25, 0.3) is 11.3 Å². The van der Waals surface area contributed by atoms with Gasteiger partial charge in [-0.3, -0.25) is 9.88 Å². The van der Waals surface area contributed by atoms with Crippen molar-refractivity contribution in [3.63, 3.8) is 0 Å². The molecule has 3 rings (SSSR count). The van der Waals surface area contributed by atoms with Gasteiger partial charge in [0.2, 0.25) is 0 Å². The molecule has 0 spiro atoms. The Morgan fingerprint density at radius 1 is 1.25 bits per heavy atom. The van der Waals surface area contributed by atoms with Gasteiger partial charge < -0.3 is 9.47 Å². The smallest absolute Gasteiger partial charge is 0.165 e. The van der Waals surface area contributed by atoms with Gasteiger partial charge in [-0.2, -0.15) is 0 Å². The highest BCUT2D eigenvalue weighted by atomic mass is 19.1. The molecule has 24 heavy (non-hydrogen) atoms. The van der Waals surface area contributed by atoms with E-state index in [-0.39, 0.29) is 11.6 Å². The largest absolute Gasteiger partial charge is 0.494 e. The molecule has 1 fully saturated rings. The van der Waals surface area contributed by atoms with Gasteiger partial charge in [-0.05, 0) is 49.2 Å². The number of nitrogens with zero attached hydrogens (tertiary/aromatic N) is 2. The molecule has 1 aromatic heterocycles. The third-order valence-corrected chi connectivity index (χ3v) is 4.47. The third kappa shape index (κ3) is 3.91. The molecule has 128 valence electrons. The van der Waals surface area contributed by atoms with E-state index in [1.807, 2.05) is 18.3 Å². The van der Waals surface area contributed by atoms with Crippen LogP contribution in [0, 0.1) is 5.82 Å². The molecule has 0 aliphatic carbocycles. The highest BCUT2D eigenvalue weighted by Crippen LogP contribution is 2.24. The minimum atomic E-state index is -0.375. The fraction of sp³-hybridized carbons (Fsp3) is 0.421. The van der Waals surface area contributed by atoms with Crippen LogP contribution in [0.3, 0.4) is 0 Å². The molecule has 2 heterocycles. The van der Waals surface area contributed by atoms with Crippen LogP contribution in [-0.2, 0) is 11.3 Å². The SMILES string of the molecule is COc1ccc(-c2ccc(CN3CCCC(OC)C3)cn2)cc1F. The molecule has 1 aromatic carbocycles. The Kier molecular flexibility index (Phi) is 5.43. The maximum atomic E-state index is 13.8. The maximum absolute atomic E-state index is 13.8. The molecule has 1 unspecified atom stereocenters. The van der Waals surface area contributed by atoms with Crippen molar-refractivity contribution in [2.45, 2.75) is 25.5 Å². The Morgan fingerprint density at radius 3 is 2.79 bits per heavy atom. The molecule has 1 atom stereocenters. The second kappa shape index (κ2) is 7.73. The zero-order valence-electron chi connectivity index (χ0n) is 14.2. The monoisotopic (exact) mass is 330 g/mol. The Hall–Kier alpha value is -1.98. The number of likely N-dealkylation sites (tertiary alicyclic amines) is 1. The van der Waals surface area contributed by atoms with Gasteiger partial charge in [0.05, 0.1) is 18.9 Å². The molecule has 0 N–H and O–H groups in total. The van der Waals surface area contributed by atoms with Crippen LogP contribution in [0.1, 0.15) is 18.4 Å². The van der Waals surface area contributed by atoms with Crippen molar-refractivity contribution in [3.05, 3.63) is 47.9 Å². The molecular formula is C19H23FN2O2. The van der Waals surface area contributed by atoms with Crippen LogP contribution >= 0.6 is 0 Å². The number of hydrogen-bond donors (Lipinski definition) is 0. The van der Waals surface area contributed by atoms with Crippen LogP contribution < -0.4 is 4.74 Å². The number of methoxy groups -OCH3 is 2. The van der Waals surface area contributed by atoms with Crippen molar-refractivity contribution < 1.29 is 13.9 Å². The summed E-state index contributed by atoms with van der Waals surface area (Å²) in [5, 5.41) is 0. The lowest BCUT2D eigenvalue weighted by molar-refractivity contribution is 0.0285. The lowest BCUT2D eigenvalue weighted by Gasteiger charge is -2.31. The van der Waals surface area contributed by atoms with Crippen LogP contribution in [0.2, 0.25) is 0 Å². The normalized spacial score (nSPS) is 18.5. The molecule has 2 aromatic rings. The summed E-state index contributed by atoms with van der Waals surface area (Å²) >= 11 is 0. The number of ether oxygens (including phenoxy) is 2. The zero-order chi connectivity index (χ0) is 16.9. The summed E-state index contributed by atoms with van der Waals surface area (Å²) in [5.41, 5.74) is 2.66. The molecule has 0 amide bonds. The topological polar surface area (TPSA) is 34.6 Å². The minimum Gasteiger partial charge on any atom is -0.494 e. The second-order valence-corrected chi connectivity index (χ2v) is 6.14. The van der Waals surface area contributed by atoms with E-state index in [0.29, 0.717) is 6.10 Å². The predicted octanol–water partition coefficient (Wildman–Crippen LogP) is 3.51. The highest BCUT2D eigenvalue weighted by molar-refractivity contribution is 5.60. The maximum Gasteiger partial charge on any atom is 0.165 e. The standard InChI is InChI=1S/C19H23FN2O2/c1-23-16-4-3-9-22(13-16)12-14-5-7-18(21-11-14)15-6-8-19(24-2)17(20)10-15/h5-8,10-11,16H,3-4,9,12-13H2,1-2H3. The number of aromatic nitrogens is 1. The van der Waals surface area contributed by atoms with Crippen molar-refractivity contribution in [2.75, 3.05) is 27.3 Å². The van der Waals surface area contributed by atoms with Crippen molar-refractivity contribution in [1.82, 2.24) is 9.88 Å². The highest BCUT2D eigenvalue weighted by Gasteiger charge is 2.19. The molecule has 1 aliphatic rings. The van der Waals surface area contributed by atoms with Crippen LogP contribution in [0.5, 0.6) is 5.75 Å². The van der Waals surface area contributed by atoms with E-state index in [4.69, 9.17) is 9.47 Å². The number of hydrogen-bond acceptors (Lipinski definition) is 4. The Labute approximate surface area is 142 Å². The molecule has 4 nitrogen and oxygen atoms in total.